The second kappa shape index (κ2) is 6.99. The molecule has 3 fully saturated rings. The van der Waals surface area contributed by atoms with Crippen molar-refractivity contribution in [1.82, 2.24) is 0 Å². The van der Waals surface area contributed by atoms with E-state index in [4.69, 9.17) is 4.74 Å². The fourth-order valence-electron chi connectivity index (χ4n) is 7.96. The van der Waals surface area contributed by atoms with Crippen molar-refractivity contribution in [1.29, 1.82) is 0 Å². The van der Waals surface area contributed by atoms with E-state index in [1.807, 2.05) is 19.9 Å². The summed E-state index contributed by atoms with van der Waals surface area (Å²) in [5, 5.41) is 23.1. The average Bonchev–Trinajstić information content (AvgIpc) is 2.87. The average molecular weight is 419 g/mol. The topological polar surface area (TPSA) is 101 Å². The summed E-state index contributed by atoms with van der Waals surface area (Å²) in [5.74, 6) is -0.625. The van der Waals surface area contributed by atoms with Gasteiger partial charge in [0.2, 0.25) is 5.78 Å². The van der Waals surface area contributed by atoms with Crippen LogP contribution in [0.2, 0.25) is 0 Å². The van der Waals surface area contributed by atoms with E-state index >= 15 is 0 Å². The van der Waals surface area contributed by atoms with Crippen LogP contribution in [0, 0.1) is 40.4 Å². The summed E-state index contributed by atoms with van der Waals surface area (Å²) in [4.78, 5) is 36.3. The number of rotatable bonds is 3. The summed E-state index contributed by atoms with van der Waals surface area (Å²) in [6, 6.07) is 0. The van der Waals surface area contributed by atoms with Crippen molar-refractivity contribution >= 4 is 17.5 Å². The number of carbonyl (C=O) groups excluding carboxylic acids is 3. The Kier molecular flexibility index (Phi) is 5.06. The minimum Gasteiger partial charge on any atom is -0.458 e. The molecule has 0 saturated heterocycles. The molecular formula is C24H34O6. The smallest absolute Gasteiger partial charge is 0.303 e. The molecule has 0 amide bonds. The number of ether oxygens (including phenoxy) is 1. The molecule has 0 unspecified atom stereocenters. The Hall–Kier alpha value is -1.53. The Morgan fingerprint density at radius 1 is 1.27 bits per heavy atom. The van der Waals surface area contributed by atoms with Crippen LogP contribution in [-0.4, -0.2) is 46.1 Å². The van der Waals surface area contributed by atoms with Crippen molar-refractivity contribution in [2.45, 2.75) is 71.5 Å². The predicted molar refractivity (Wildman–Crippen MR) is 109 cm³/mol. The van der Waals surface area contributed by atoms with E-state index in [9.17, 15) is 24.6 Å². The Morgan fingerprint density at radius 3 is 2.63 bits per heavy atom. The summed E-state index contributed by atoms with van der Waals surface area (Å²) in [5.41, 5.74) is -2.65. The van der Waals surface area contributed by atoms with Crippen molar-refractivity contribution in [2.75, 3.05) is 6.61 Å². The Balaban J connectivity index is 1.69. The van der Waals surface area contributed by atoms with Crippen LogP contribution in [0.1, 0.15) is 59.8 Å². The molecule has 0 radical (unpaired) electrons. The molecule has 4 aliphatic rings. The molecule has 3 saturated carbocycles. The van der Waals surface area contributed by atoms with E-state index in [1.54, 1.807) is 6.08 Å². The summed E-state index contributed by atoms with van der Waals surface area (Å²) in [7, 11) is 0. The van der Waals surface area contributed by atoms with Gasteiger partial charge in [-0.1, -0.05) is 26.8 Å². The van der Waals surface area contributed by atoms with E-state index in [0.29, 0.717) is 19.3 Å². The zero-order valence-electron chi connectivity index (χ0n) is 18.4. The molecule has 9 atom stereocenters. The number of ketones is 2. The van der Waals surface area contributed by atoms with Gasteiger partial charge in [-0.25, -0.2) is 0 Å². The first-order valence-corrected chi connectivity index (χ1v) is 11.2. The maximum Gasteiger partial charge on any atom is 0.303 e. The largest absolute Gasteiger partial charge is 0.458 e. The number of aliphatic hydroxyl groups excluding tert-OH is 1. The number of Topliss-reactive ketones (excluding diaryl/α,β-unsaturated/α-hetero) is 1. The Labute approximate surface area is 178 Å². The lowest BCUT2D eigenvalue weighted by atomic mass is 9.44. The third-order valence-electron chi connectivity index (χ3n) is 9.39. The van der Waals surface area contributed by atoms with Crippen molar-refractivity contribution in [2.24, 2.45) is 40.4 Å². The fraction of sp³-hybridized carbons (Fsp3) is 0.792. The van der Waals surface area contributed by atoms with Crippen LogP contribution in [0.3, 0.4) is 0 Å². The summed E-state index contributed by atoms with van der Waals surface area (Å²) < 4.78 is 4.93. The van der Waals surface area contributed by atoms with E-state index in [-0.39, 0.29) is 40.8 Å². The first-order chi connectivity index (χ1) is 13.9. The molecule has 6 nitrogen and oxygen atoms in total. The summed E-state index contributed by atoms with van der Waals surface area (Å²) in [6.45, 7) is 6.80. The van der Waals surface area contributed by atoms with E-state index < -0.39 is 35.5 Å². The number of allylic oxidation sites excluding steroid dienone is 2. The lowest BCUT2D eigenvalue weighted by Gasteiger charge is -2.61. The van der Waals surface area contributed by atoms with Crippen LogP contribution in [0.15, 0.2) is 12.2 Å². The van der Waals surface area contributed by atoms with Crippen molar-refractivity contribution in [3.05, 3.63) is 12.2 Å². The SMILES string of the molecule is CC(=O)OCC(=O)[C@@]1(O)[C@H](C)C[C@@H]2[C@@H]3CC[C@@H]4CC(=O)C=C[C@]4(C)[C@@H]3[C@H](O)C[C@@]21C. The lowest BCUT2D eigenvalue weighted by molar-refractivity contribution is -0.194. The van der Waals surface area contributed by atoms with Gasteiger partial charge in [0.05, 0.1) is 6.10 Å². The Morgan fingerprint density at radius 2 is 1.97 bits per heavy atom. The number of hydrogen-bond acceptors (Lipinski definition) is 6. The highest BCUT2D eigenvalue weighted by Crippen LogP contribution is 2.68. The van der Waals surface area contributed by atoms with Crippen LogP contribution in [-0.2, 0) is 19.1 Å². The van der Waals surface area contributed by atoms with E-state index in [1.165, 1.54) is 6.92 Å². The minimum absolute atomic E-state index is 0.0109. The van der Waals surface area contributed by atoms with Gasteiger partial charge in [-0.3, -0.25) is 14.4 Å². The molecule has 0 aliphatic heterocycles. The van der Waals surface area contributed by atoms with Crippen LogP contribution in [0.25, 0.3) is 0 Å². The van der Waals surface area contributed by atoms with Gasteiger partial charge in [0, 0.05) is 18.8 Å². The molecule has 2 N–H and O–H groups in total. The third-order valence-corrected chi connectivity index (χ3v) is 9.39. The van der Waals surface area contributed by atoms with Gasteiger partial charge in [0.15, 0.2) is 12.4 Å². The highest BCUT2D eigenvalue weighted by atomic mass is 16.5. The second-order valence-corrected chi connectivity index (χ2v) is 10.7. The molecule has 0 aromatic rings. The predicted octanol–water partition coefficient (Wildman–Crippen LogP) is 2.45. The van der Waals surface area contributed by atoms with Gasteiger partial charge >= 0.3 is 5.97 Å². The van der Waals surface area contributed by atoms with E-state index in [2.05, 4.69) is 6.92 Å². The van der Waals surface area contributed by atoms with Crippen molar-refractivity contribution in [3.63, 3.8) is 0 Å². The lowest BCUT2D eigenvalue weighted by Crippen LogP contribution is -2.63. The number of aliphatic hydroxyl groups is 2. The molecule has 0 aromatic heterocycles. The van der Waals surface area contributed by atoms with Crippen LogP contribution >= 0.6 is 0 Å². The number of esters is 1. The van der Waals surface area contributed by atoms with Crippen molar-refractivity contribution < 1.29 is 29.3 Å². The van der Waals surface area contributed by atoms with Gasteiger partial charge in [-0.05, 0) is 66.8 Å². The maximum absolute atomic E-state index is 13.1. The number of hydrogen-bond donors (Lipinski definition) is 2. The third kappa shape index (κ3) is 2.79. The van der Waals surface area contributed by atoms with Crippen LogP contribution < -0.4 is 0 Å². The molecule has 166 valence electrons. The first kappa shape index (κ1) is 21.7. The summed E-state index contributed by atoms with van der Waals surface area (Å²) in [6.07, 6.45) is 6.40. The first-order valence-electron chi connectivity index (χ1n) is 11.2. The van der Waals surface area contributed by atoms with Gasteiger partial charge in [-0.2, -0.15) is 0 Å². The zero-order valence-corrected chi connectivity index (χ0v) is 18.4. The fourth-order valence-corrected chi connectivity index (χ4v) is 7.96. The van der Waals surface area contributed by atoms with Crippen LogP contribution in [0.5, 0.6) is 0 Å². The molecule has 0 aromatic carbocycles. The summed E-state index contributed by atoms with van der Waals surface area (Å²) >= 11 is 0. The minimum atomic E-state index is -1.63. The highest BCUT2D eigenvalue weighted by molar-refractivity contribution is 5.92. The normalized spacial score (nSPS) is 49.7. The van der Waals surface area contributed by atoms with Gasteiger partial charge in [0.25, 0.3) is 0 Å². The molecule has 6 heteroatoms. The monoisotopic (exact) mass is 418 g/mol. The number of fused-ring (bicyclic) bond motifs is 5. The van der Waals surface area contributed by atoms with E-state index in [0.717, 1.165) is 12.8 Å². The molecule has 0 bridgehead atoms. The maximum atomic E-state index is 13.1. The van der Waals surface area contributed by atoms with Crippen molar-refractivity contribution in [3.8, 4) is 0 Å². The van der Waals surface area contributed by atoms with Crippen LogP contribution in [0.4, 0.5) is 0 Å². The van der Waals surface area contributed by atoms with Gasteiger partial charge in [-0.15, -0.1) is 0 Å². The number of carbonyl (C=O) groups is 3. The Bertz CT molecular complexity index is 804. The van der Waals surface area contributed by atoms with Gasteiger partial charge in [0.1, 0.15) is 5.60 Å². The molecule has 30 heavy (non-hydrogen) atoms. The molecule has 0 spiro atoms. The standard InChI is InChI=1S/C24H34O6/c1-13-9-18-17-6-5-15-10-16(26)7-8-22(15,3)21(17)19(27)11-23(18,4)24(13,29)20(28)12-30-14(2)25/h7-8,13,15,17-19,21,27,29H,5-6,9-12H2,1-4H3/t13-,15-,17+,18-,19-,21+,22+,23+,24+/m1/s1. The molecule has 0 heterocycles. The zero-order chi connectivity index (χ0) is 22.1. The molecular weight excluding hydrogens is 384 g/mol. The molecule has 4 aliphatic carbocycles. The van der Waals surface area contributed by atoms with Gasteiger partial charge < -0.3 is 14.9 Å². The quantitative estimate of drug-likeness (QED) is 0.683. The highest BCUT2D eigenvalue weighted by Gasteiger charge is 2.70. The molecule has 4 rings (SSSR count). The second-order valence-electron chi connectivity index (χ2n) is 10.7.